The van der Waals surface area contributed by atoms with Crippen LogP contribution < -0.4 is 9.47 Å². The number of piperidine rings is 1. The van der Waals surface area contributed by atoms with Gasteiger partial charge >= 0.3 is 0 Å². The predicted octanol–water partition coefficient (Wildman–Crippen LogP) is 2.90. The molecule has 3 saturated heterocycles. The smallest absolute Gasteiger partial charge is 0.165 e. The summed E-state index contributed by atoms with van der Waals surface area (Å²) < 4.78 is 16.3. The van der Waals surface area contributed by atoms with Gasteiger partial charge in [-0.25, -0.2) is 0 Å². The normalized spacial score (nSPS) is 24.3. The summed E-state index contributed by atoms with van der Waals surface area (Å²) in [5.41, 5.74) is 1.09. The first-order valence-electron chi connectivity index (χ1n) is 9.00. The van der Waals surface area contributed by atoms with E-state index in [0.29, 0.717) is 16.8 Å². The Morgan fingerprint density at radius 2 is 1.92 bits per heavy atom. The molecule has 2 bridgehead atoms. The van der Waals surface area contributed by atoms with E-state index in [2.05, 4.69) is 9.80 Å². The van der Waals surface area contributed by atoms with Crippen LogP contribution >= 0.6 is 11.6 Å². The first-order chi connectivity index (χ1) is 12.1. The molecular formula is C19H29ClN2O3. The largest absolute Gasteiger partial charge is 0.493 e. The van der Waals surface area contributed by atoms with Crippen LogP contribution in [0.15, 0.2) is 12.1 Å². The van der Waals surface area contributed by atoms with Crippen LogP contribution in [-0.2, 0) is 11.3 Å². The lowest BCUT2D eigenvalue weighted by atomic mass is 9.95. The molecule has 0 spiro atoms. The third-order valence-electron chi connectivity index (χ3n) is 5.40. The Hall–Kier alpha value is -1.01. The molecule has 3 aliphatic rings. The monoisotopic (exact) mass is 368 g/mol. The van der Waals surface area contributed by atoms with E-state index in [-0.39, 0.29) is 0 Å². The minimum Gasteiger partial charge on any atom is -0.493 e. The summed E-state index contributed by atoms with van der Waals surface area (Å²) in [4.78, 5) is 5.15. The molecule has 0 saturated carbocycles. The lowest BCUT2D eigenvalue weighted by molar-refractivity contribution is 0.0867. The summed E-state index contributed by atoms with van der Waals surface area (Å²) in [7, 11) is 5.12. The van der Waals surface area contributed by atoms with Gasteiger partial charge in [-0.15, -0.1) is 0 Å². The molecule has 5 nitrogen and oxygen atoms in total. The van der Waals surface area contributed by atoms with Gasteiger partial charge in [0.05, 0.1) is 20.8 Å². The van der Waals surface area contributed by atoms with Crippen molar-refractivity contribution in [2.75, 3.05) is 54.1 Å². The molecule has 0 N–H and O–H groups in total. The average Bonchev–Trinajstić information content (AvgIpc) is 2.89. The Bertz CT molecular complexity index is 584. The van der Waals surface area contributed by atoms with Crippen molar-refractivity contribution in [1.82, 2.24) is 9.80 Å². The first kappa shape index (κ1) is 18.8. The molecule has 0 radical (unpaired) electrons. The predicted molar refractivity (Wildman–Crippen MR) is 99.8 cm³/mol. The van der Waals surface area contributed by atoms with Crippen molar-refractivity contribution in [3.63, 3.8) is 0 Å². The van der Waals surface area contributed by atoms with Crippen LogP contribution in [0, 0.1) is 5.92 Å². The highest BCUT2D eigenvalue weighted by atomic mass is 35.5. The number of rotatable bonds is 7. The van der Waals surface area contributed by atoms with Gasteiger partial charge in [-0.05, 0) is 24.8 Å². The molecule has 6 heteroatoms. The second-order valence-corrected chi connectivity index (χ2v) is 7.52. The van der Waals surface area contributed by atoms with E-state index < -0.39 is 0 Å². The maximum absolute atomic E-state index is 6.28. The number of ether oxygens (including phenoxy) is 3. The molecule has 3 fully saturated rings. The molecular weight excluding hydrogens is 340 g/mol. The van der Waals surface area contributed by atoms with Crippen LogP contribution in [0.4, 0.5) is 0 Å². The Balaban J connectivity index is 1.75. The second kappa shape index (κ2) is 8.58. The van der Waals surface area contributed by atoms with Gasteiger partial charge < -0.3 is 14.2 Å². The van der Waals surface area contributed by atoms with Gasteiger partial charge in [0, 0.05) is 62.5 Å². The summed E-state index contributed by atoms with van der Waals surface area (Å²) in [5.74, 6) is 2.21. The van der Waals surface area contributed by atoms with Crippen molar-refractivity contribution in [2.24, 2.45) is 5.92 Å². The van der Waals surface area contributed by atoms with Gasteiger partial charge in [-0.2, -0.15) is 0 Å². The number of hydrogen-bond acceptors (Lipinski definition) is 5. The fraction of sp³-hybridized carbons (Fsp3) is 0.684. The molecule has 140 valence electrons. The van der Waals surface area contributed by atoms with Crippen LogP contribution in [0.25, 0.3) is 0 Å². The van der Waals surface area contributed by atoms with Crippen LogP contribution in [0.1, 0.15) is 18.4 Å². The van der Waals surface area contributed by atoms with Gasteiger partial charge in [0.15, 0.2) is 11.5 Å². The standard InChI is InChI=1S/C19H29ClN2O3/c1-23-7-6-22-11-14-4-5-17(22)13-21(10-14)12-15-8-16(20)9-18(24-2)19(15)25-3/h8-9,14,17H,4-7,10-13H2,1-3H3/t14-,17+/m0/s1. The highest BCUT2D eigenvalue weighted by molar-refractivity contribution is 6.30. The number of hydrogen-bond donors (Lipinski definition) is 0. The maximum atomic E-state index is 6.28. The lowest BCUT2D eigenvalue weighted by Gasteiger charge is -2.35. The number of benzene rings is 1. The summed E-state index contributed by atoms with van der Waals surface area (Å²) >= 11 is 6.28. The molecule has 0 amide bonds. The minimum atomic E-state index is 0.612. The number of nitrogens with zero attached hydrogens (tertiary/aromatic N) is 2. The highest BCUT2D eigenvalue weighted by Gasteiger charge is 2.34. The second-order valence-electron chi connectivity index (χ2n) is 7.08. The van der Waals surface area contributed by atoms with Gasteiger partial charge in [0.2, 0.25) is 0 Å². The van der Waals surface area contributed by atoms with E-state index in [9.17, 15) is 0 Å². The van der Waals surface area contributed by atoms with Gasteiger partial charge in [-0.1, -0.05) is 11.6 Å². The maximum Gasteiger partial charge on any atom is 0.165 e. The molecule has 3 aliphatic heterocycles. The van der Waals surface area contributed by atoms with E-state index in [1.165, 1.54) is 19.4 Å². The first-order valence-corrected chi connectivity index (χ1v) is 9.38. The zero-order chi connectivity index (χ0) is 17.8. The van der Waals surface area contributed by atoms with Crippen molar-refractivity contribution in [2.45, 2.75) is 25.4 Å². The summed E-state index contributed by atoms with van der Waals surface area (Å²) in [6, 6.07) is 4.42. The Labute approximate surface area is 155 Å². The molecule has 1 aromatic rings. The van der Waals surface area contributed by atoms with Crippen LogP contribution in [0.2, 0.25) is 5.02 Å². The molecule has 4 rings (SSSR count). The topological polar surface area (TPSA) is 34.2 Å². The zero-order valence-corrected chi connectivity index (χ0v) is 16.2. The molecule has 0 aliphatic carbocycles. The van der Waals surface area contributed by atoms with E-state index in [4.69, 9.17) is 25.8 Å². The van der Waals surface area contributed by atoms with Crippen molar-refractivity contribution in [3.8, 4) is 11.5 Å². The van der Waals surface area contributed by atoms with Crippen LogP contribution in [-0.4, -0.2) is 70.0 Å². The van der Waals surface area contributed by atoms with Crippen molar-refractivity contribution in [3.05, 3.63) is 22.7 Å². The third-order valence-corrected chi connectivity index (χ3v) is 5.62. The Morgan fingerprint density at radius 1 is 1.08 bits per heavy atom. The van der Waals surface area contributed by atoms with Crippen molar-refractivity contribution >= 4 is 11.6 Å². The van der Waals surface area contributed by atoms with Crippen molar-refractivity contribution < 1.29 is 14.2 Å². The van der Waals surface area contributed by atoms with Gasteiger partial charge in [0.1, 0.15) is 0 Å². The lowest BCUT2D eigenvalue weighted by Crippen LogP contribution is -2.45. The molecule has 25 heavy (non-hydrogen) atoms. The summed E-state index contributed by atoms with van der Waals surface area (Å²) in [6.45, 7) is 6.06. The van der Waals surface area contributed by atoms with E-state index in [1.807, 2.05) is 12.1 Å². The molecule has 1 aromatic carbocycles. The molecule has 2 atom stereocenters. The minimum absolute atomic E-state index is 0.612. The van der Waals surface area contributed by atoms with E-state index >= 15 is 0 Å². The average molecular weight is 369 g/mol. The van der Waals surface area contributed by atoms with Crippen LogP contribution in [0.3, 0.4) is 0 Å². The number of methoxy groups -OCH3 is 3. The summed E-state index contributed by atoms with van der Waals surface area (Å²) in [6.07, 6.45) is 2.60. The fourth-order valence-corrected chi connectivity index (χ4v) is 4.48. The quantitative estimate of drug-likeness (QED) is 0.739. The SMILES string of the molecule is COCCN1C[C@H]2CC[C@@H]1CN(Cc1cc(Cl)cc(OC)c1OC)C2. The third kappa shape index (κ3) is 4.40. The van der Waals surface area contributed by atoms with Crippen LogP contribution in [0.5, 0.6) is 11.5 Å². The Kier molecular flexibility index (Phi) is 6.44. The fourth-order valence-electron chi connectivity index (χ4n) is 4.25. The molecule has 0 aromatic heterocycles. The number of fused-ring (bicyclic) bond motifs is 4. The van der Waals surface area contributed by atoms with Gasteiger partial charge in [0.25, 0.3) is 0 Å². The van der Waals surface area contributed by atoms with Crippen molar-refractivity contribution in [1.29, 1.82) is 0 Å². The van der Waals surface area contributed by atoms with Gasteiger partial charge in [-0.3, -0.25) is 9.80 Å². The Morgan fingerprint density at radius 3 is 2.64 bits per heavy atom. The van der Waals surface area contributed by atoms with E-state index in [0.717, 1.165) is 50.0 Å². The number of halogens is 1. The van der Waals surface area contributed by atoms with E-state index in [1.54, 1.807) is 21.3 Å². The summed E-state index contributed by atoms with van der Waals surface area (Å²) in [5, 5.41) is 0.687. The zero-order valence-electron chi connectivity index (χ0n) is 15.5. The molecule has 0 unspecified atom stereocenters. The highest BCUT2D eigenvalue weighted by Crippen LogP contribution is 2.36. The molecule has 3 heterocycles.